The van der Waals surface area contributed by atoms with E-state index >= 15 is 0 Å². The van der Waals surface area contributed by atoms with Gasteiger partial charge in [-0.1, -0.05) is 6.92 Å². The standard InChI is InChI=1S/C13H28N2O/c1-6-15(5)10-12-8-7-11(16-12)9-14-13(2,3)4/h11-12,14H,6-10H2,1-5H3. The Morgan fingerprint density at radius 3 is 2.44 bits per heavy atom. The molecule has 0 saturated carbocycles. The molecule has 1 fully saturated rings. The van der Waals surface area contributed by atoms with E-state index in [1.54, 1.807) is 0 Å². The third-order valence-corrected chi connectivity index (χ3v) is 3.11. The lowest BCUT2D eigenvalue weighted by Gasteiger charge is -2.24. The topological polar surface area (TPSA) is 24.5 Å². The van der Waals surface area contributed by atoms with Crippen molar-refractivity contribution in [2.45, 2.75) is 58.3 Å². The summed E-state index contributed by atoms with van der Waals surface area (Å²) < 4.78 is 6.03. The summed E-state index contributed by atoms with van der Waals surface area (Å²) in [6.45, 7) is 11.9. The smallest absolute Gasteiger partial charge is 0.0707 e. The predicted molar refractivity (Wildman–Crippen MR) is 68.8 cm³/mol. The van der Waals surface area contributed by atoms with Crippen LogP contribution < -0.4 is 5.32 Å². The molecule has 0 aliphatic carbocycles. The van der Waals surface area contributed by atoms with Gasteiger partial charge in [-0.05, 0) is 47.2 Å². The van der Waals surface area contributed by atoms with Crippen molar-refractivity contribution in [1.82, 2.24) is 10.2 Å². The first-order chi connectivity index (χ1) is 7.40. The third-order valence-electron chi connectivity index (χ3n) is 3.11. The largest absolute Gasteiger partial charge is 0.372 e. The molecule has 0 amide bonds. The average molecular weight is 228 g/mol. The van der Waals surface area contributed by atoms with Crippen LogP contribution in [-0.2, 0) is 4.74 Å². The van der Waals surface area contributed by atoms with Crippen LogP contribution in [0.3, 0.4) is 0 Å². The molecule has 0 aromatic heterocycles. The minimum atomic E-state index is 0.196. The van der Waals surface area contributed by atoms with E-state index < -0.39 is 0 Å². The maximum atomic E-state index is 6.03. The van der Waals surface area contributed by atoms with E-state index in [4.69, 9.17) is 4.74 Å². The minimum absolute atomic E-state index is 0.196. The fourth-order valence-corrected chi connectivity index (χ4v) is 1.96. The summed E-state index contributed by atoms with van der Waals surface area (Å²) in [5.41, 5.74) is 0.196. The van der Waals surface area contributed by atoms with Crippen molar-refractivity contribution in [2.24, 2.45) is 0 Å². The summed E-state index contributed by atoms with van der Waals surface area (Å²) >= 11 is 0. The van der Waals surface area contributed by atoms with Crippen LogP contribution in [0.1, 0.15) is 40.5 Å². The number of hydrogen-bond acceptors (Lipinski definition) is 3. The summed E-state index contributed by atoms with van der Waals surface area (Å²) in [5, 5.41) is 3.51. The van der Waals surface area contributed by atoms with Gasteiger partial charge in [0.05, 0.1) is 12.2 Å². The van der Waals surface area contributed by atoms with Gasteiger partial charge in [0.25, 0.3) is 0 Å². The predicted octanol–water partition coefficient (Wildman–Crippen LogP) is 1.87. The Labute approximate surface area is 101 Å². The fraction of sp³-hybridized carbons (Fsp3) is 1.00. The van der Waals surface area contributed by atoms with Gasteiger partial charge in [0.2, 0.25) is 0 Å². The van der Waals surface area contributed by atoms with Crippen molar-refractivity contribution in [2.75, 3.05) is 26.7 Å². The molecule has 1 saturated heterocycles. The molecule has 0 radical (unpaired) electrons. The van der Waals surface area contributed by atoms with Crippen molar-refractivity contribution in [3.8, 4) is 0 Å². The Kier molecular flexibility index (Phi) is 5.22. The first kappa shape index (κ1) is 13.9. The molecule has 0 aromatic rings. The Morgan fingerprint density at radius 1 is 1.25 bits per heavy atom. The van der Waals surface area contributed by atoms with Gasteiger partial charge in [0.15, 0.2) is 0 Å². The van der Waals surface area contributed by atoms with Crippen LogP contribution in [0.4, 0.5) is 0 Å². The zero-order chi connectivity index (χ0) is 12.2. The molecule has 1 aliphatic heterocycles. The molecular weight excluding hydrogens is 200 g/mol. The lowest BCUT2D eigenvalue weighted by atomic mass is 10.1. The molecule has 0 bridgehead atoms. The van der Waals surface area contributed by atoms with Gasteiger partial charge in [0.1, 0.15) is 0 Å². The van der Waals surface area contributed by atoms with Crippen LogP contribution in [0.15, 0.2) is 0 Å². The molecule has 16 heavy (non-hydrogen) atoms. The highest BCUT2D eigenvalue weighted by molar-refractivity contribution is 4.80. The highest BCUT2D eigenvalue weighted by atomic mass is 16.5. The van der Waals surface area contributed by atoms with Crippen molar-refractivity contribution < 1.29 is 4.74 Å². The van der Waals surface area contributed by atoms with Gasteiger partial charge in [0, 0.05) is 18.6 Å². The molecular formula is C13H28N2O. The van der Waals surface area contributed by atoms with Gasteiger partial charge in [-0.25, -0.2) is 0 Å². The zero-order valence-corrected chi connectivity index (χ0v) is 11.5. The van der Waals surface area contributed by atoms with Crippen molar-refractivity contribution >= 4 is 0 Å². The number of nitrogens with zero attached hydrogens (tertiary/aromatic N) is 1. The number of likely N-dealkylation sites (N-methyl/N-ethyl adjacent to an activating group) is 1. The van der Waals surface area contributed by atoms with Crippen LogP contribution >= 0.6 is 0 Å². The highest BCUT2D eigenvalue weighted by Gasteiger charge is 2.26. The van der Waals surface area contributed by atoms with Gasteiger partial charge >= 0.3 is 0 Å². The second-order valence-corrected chi connectivity index (χ2v) is 5.94. The van der Waals surface area contributed by atoms with Crippen LogP contribution in [0.25, 0.3) is 0 Å². The summed E-state index contributed by atoms with van der Waals surface area (Å²) in [4.78, 5) is 2.32. The van der Waals surface area contributed by atoms with Crippen molar-refractivity contribution in [3.05, 3.63) is 0 Å². The van der Waals surface area contributed by atoms with Gasteiger partial charge in [-0.15, -0.1) is 0 Å². The first-order valence-corrected chi connectivity index (χ1v) is 6.49. The molecule has 1 heterocycles. The Hall–Kier alpha value is -0.120. The Bertz CT molecular complexity index is 201. The van der Waals surface area contributed by atoms with Crippen LogP contribution in [0.5, 0.6) is 0 Å². The van der Waals surface area contributed by atoms with E-state index in [1.165, 1.54) is 12.8 Å². The van der Waals surface area contributed by atoms with E-state index in [0.717, 1.165) is 19.6 Å². The van der Waals surface area contributed by atoms with Gasteiger partial charge in [-0.3, -0.25) is 0 Å². The second kappa shape index (κ2) is 5.99. The molecule has 96 valence electrons. The number of rotatable bonds is 5. The zero-order valence-electron chi connectivity index (χ0n) is 11.5. The quantitative estimate of drug-likeness (QED) is 0.777. The Balaban J connectivity index is 2.20. The van der Waals surface area contributed by atoms with E-state index in [-0.39, 0.29) is 5.54 Å². The molecule has 1 aliphatic rings. The van der Waals surface area contributed by atoms with Crippen LogP contribution in [0.2, 0.25) is 0 Å². The minimum Gasteiger partial charge on any atom is -0.372 e. The van der Waals surface area contributed by atoms with E-state index in [0.29, 0.717) is 12.2 Å². The van der Waals surface area contributed by atoms with Crippen LogP contribution in [-0.4, -0.2) is 49.3 Å². The monoisotopic (exact) mass is 228 g/mol. The molecule has 0 spiro atoms. The normalized spacial score (nSPS) is 26.6. The molecule has 2 atom stereocenters. The highest BCUT2D eigenvalue weighted by Crippen LogP contribution is 2.20. The van der Waals surface area contributed by atoms with Crippen molar-refractivity contribution in [3.63, 3.8) is 0 Å². The molecule has 0 aromatic carbocycles. The number of ether oxygens (including phenoxy) is 1. The molecule has 3 nitrogen and oxygen atoms in total. The first-order valence-electron chi connectivity index (χ1n) is 6.49. The lowest BCUT2D eigenvalue weighted by molar-refractivity contribution is 0.0260. The SMILES string of the molecule is CCN(C)CC1CCC(CNC(C)(C)C)O1. The third kappa shape index (κ3) is 5.28. The van der Waals surface area contributed by atoms with E-state index in [2.05, 4.69) is 45.0 Å². The molecule has 3 heteroatoms. The summed E-state index contributed by atoms with van der Waals surface area (Å²) in [5.74, 6) is 0. The summed E-state index contributed by atoms with van der Waals surface area (Å²) in [6.07, 6.45) is 3.26. The van der Waals surface area contributed by atoms with Gasteiger partial charge in [-0.2, -0.15) is 0 Å². The molecule has 1 N–H and O–H groups in total. The van der Waals surface area contributed by atoms with Gasteiger partial charge < -0.3 is 15.0 Å². The Morgan fingerprint density at radius 2 is 1.88 bits per heavy atom. The second-order valence-electron chi connectivity index (χ2n) is 5.94. The summed E-state index contributed by atoms with van der Waals surface area (Å²) in [6, 6.07) is 0. The summed E-state index contributed by atoms with van der Waals surface area (Å²) in [7, 11) is 2.16. The maximum absolute atomic E-state index is 6.03. The molecule has 2 unspecified atom stereocenters. The average Bonchev–Trinajstić information content (AvgIpc) is 2.61. The lowest BCUT2D eigenvalue weighted by Crippen LogP contribution is -2.41. The fourth-order valence-electron chi connectivity index (χ4n) is 1.96. The number of nitrogens with one attached hydrogen (secondary N) is 1. The number of hydrogen-bond donors (Lipinski definition) is 1. The van der Waals surface area contributed by atoms with Crippen molar-refractivity contribution in [1.29, 1.82) is 0 Å². The molecule has 1 rings (SSSR count). The van der Waals surface area contributed by atoms with E-state index in [1.807, 2.05) is 0 Å². The van der Waals surface area contributed by atoms with E-state index in [9.17, 15) is 0 Å². The maximum Gasteiger partial charge on any atom is 0.0707 e. The van der Waals surface area contributed by atoms with Crippen LogP contribution in [0, 0.1) is 0 Å².